The third-order valence-corrected chi connectivity index (χ3v) is 4.02. The Morgan fingerprint density at radius 2 is 2.30 bits per heavy atom. The van der Waals surface area contributed by atoms with Crippen LogP contribution in [0.3, 0.4) is 0 Å². The van der Waals surface area contributed by atoms with E-state index in [1.807, 2.05) is 4.90 Å². The fourth-order valence-corrected chi connectivity index (χ4v) is 2.79. The zero-order valence-corrected chi connectivity index (χ0v) is 11.7. The first-order chi connectivity index (χ1) is 9.83. The molecule has 110 valence electrons. The Bertz CT molecular complexity index is 454. The molecule has 1 atom stereocenters. The SMILES string of the molecule is O=C1CCCCN1CCCc1nc([C@H]2CCOC2)no1. The molecule has 20 heavy (non-hydrogen) atoms. The molecular weight excluding hydrogens is 258 g/mol. The van der Waals surface area contributed by atoms with Crippen molar-refractivity contribution in [3.63, 3.8) is 0 Å². The molecule has 1 amide bonds. The number of aromatic nitrogens is 2. The highest BCUT2D eigenvalue weighted by Gasteiger charge is 2.23. The van der Waals surface area contributed by atoms with Crippen LogP contribution >= 0.6 is 0 Å². The van der Waals surface area contributed by atoms with Crippen molar-refractivity contribution in [2.75, 3.05) is 26.3 Å². The Morgan fingerprint density at radius 1 is 1.35 bits per heavy atom. The molecule has 6 nitrogen and oxygen atoms in total. The summed E-state index contributed by atoms with van der Waals surface area (Å²) >= 11 is 0. The minimum Gasteiger partial charge on any atom is -0.381 e. The van der Waals surface area contributed by atoms with Crippen molar-refractivity contribution >= 4 is 5.91 Å². The van der Waals surface area contributed by atoms with Crippen molar-refractivity contribution in [1.29, 1.82) is 0 Å². The summed E-state index contributed by atoms with van der Waals surface area (Å²) in [6.45, 7) is 3.17. The number of hydrogen-bond donors (Lipinski definition) is 0. The maximum absolute atomic E-state index is 11.7. The lowest BCUT2D eigenvalue weighted by molar-refractivity contribution is -0.133. The second kappa shape index (κ2) is 6.35. The van der Waals surface area contributed by atoms with Crippen molar-refractivity contribution in [3.05, 3.63) is 11.7 Å². The molecule has 0 spiro atoms. The average molecular weight is 279 g/mol. The first-order valence-corrected chi connectivity index (χ1v) is 7.51. The number of ether oxygens (including phenoxy) is 1. The van der Waals surface area contributed by atoms with Crippen molar-refractivity contribution in [2.24, 2.45) is 0 Å². The first kappa shape index (κ1) is 13.5. The van der Waals surface area contributed by atoms with Crippen LogP contribution in [0, 0.1) is 0 Å². The van der Waals surface area contributed by atoms with E-state index < -0.39 is 0 Å². The maximum Gasteiger partial charge on any atom is 0.226 e. The van der Waals surface area contributed by atoms with Crippen LogP contribution in [0.2, 0.25) is 0 Å². The number of likely N-dealkylation sites (tertiary alicyclic amines) is 1. The van der Waals surface area contributed by atoms with E-state index in [2.05, 4.69) is 10.1 Å². The monoisotopic (exact) mass is 279 g/mol. The van der Waals surface area contributed by atoms with Crippen LogP contribution in [0.15, 0.2) is 4.52 Å². The standard InChI is InChI=1S/C14H21N3O3/c18-13-5-1-2-7-17(13)8-3-4-12-15-14(16-20-12)11-6-9-19-10-11/h11H,1-10H2/t11-/m0/s1. The summed E-state index contributed by atoms with van der Waals surface area (Å²) < 4.78 is 10.6. The zero-order chi connectivity index (χ0) is 13.8. The summed E-state index contributed by atoms with van der Waals surface area (Å²) in [6.07, 6.45) is 5.45. The van der Waals surface area contributed by atoms with Gasteiger partial charge in [-0.15, -0.1) is 0 Å². The van der Waals surface area contributed by atoms with Gasteiger partial charge in [-0.3, -0.25) is 4.79 Å². The predicted molar refractivity (Wildman–Crippen MR) is 71.2 cm³/mol. The van der Waals surface area contributed by atoms with Gasteiger partial charge in [0.15, 0.2) is 5.82 Å². The highest BCUT2D eigenvalue weighted by Crippen LogP contribution is 2.22. The number of carbonyl (C=O) groups is 1. The molecule has 2 fully saturated rings. The summed E-state index contributed by atoms with van der Waals surface area (Å²) in [4.78, 5) is 18.1. The lowest BCUT2D eigenvalue weighted by Crippen LogP contribution is -2.36. The van der Waals surface area contributed by atoms with Crippen LogP contribution in [0.25, 0.3) is 0 Å². The van der Waals surface area contributed by atoms with Gasteiger partial charge in [0, 0.05) is 38.5 Å². The summed E-state index contributed by atoms with van der Waals surface area (Å²) in [6, 6.07) is 0. The fourth-order valence-electron chi connectivity index (χ4n) is 2.79. The Kier molecular flexibility index (Phi) is 4.30. The molecule has 3 rings (SSSR count). The molecule has 0 aromatic carbocycles. The third-order valence-electron chi connectivity index (χ3n) is 4.02. The highest BCUT2D eigenvalue weighted by molar-refractivity contribution is 5.76. The average Bonchev–Trinajstić information content (AvgIpc) is 3.11. The quantitative estimate of drug-likeness (QED) is 0.817. The number of amides is 1. The van der Waals surface area contributed by atoms with Crippen molar-refractivity contribution in [1.82, 2.24) is 15.0 Å². The van der Waals surface area contributed by atoms with Gasteiger partial charge in [0.25, 0.3) is 0 Å². The normalized spacial score (nSPS) is 23.5. The number of piperidine rings is 1. The van der Waals surface area contributed by atoms with E-state index in [9.17, 15) is 4.79 Å². The van der Waals surface area contributed by atoms with E-state index in [-0.39, 0.29) is 11.8 Å². The largest absolute Gasteiger partial charge is 0.381 e. The van der Waals surface area contributed by atoms with Crippen LogP contribution in [0.5, 0.6) is 0 Å². The molecule has 3 heterocycles. The first-order valence-electron chi connectivity index (χ1n) is 7.51. The van der Waals surface area contributed by atoms with Gasteiger partial charge in [-0.2, -0.15) is 4.98 Å². The van der Waals surface area contributed by atoms with Crippen LogP contribution in [-0.4, -0.2) is 47.3 Å². The minimum absolute atomic E-state index is 0.283. The molecule has 2 saturated heterocycles. The van der Waals surface area contributed by atoms with Crippen molar-refractivity contribution < 1.29 is 14.1 Å². The van der Waals surface area contributed by atoms with Crippen LogP contribution < -0.4 is 0 Å². The number of carbonyl (C=O) groups excluding carboxylic acids is 1. The van der Waals surface area contributed by atoms with Crippen LogP contribution in [0.1, 0.15) is 49.7 Å². The summed E-state index contributed by atoms with van der Waals surface area (Å²) in [5.74, 6) is 2.02. The number of aryl methyl sites for hydroxylation is 1. The van der Waals surface area contributed by atoms with Gasteiger partial charge < -0.3 is 14.2 Å². The highest BCUT2D eigenvalue weighted by atomic mass is 16.5. The molecule has 0 N–H and O–H groups in total. The van der Waals surface area contributed by atoms with E-state index in [0.717, 1.165) is 57.6 Å². The summed E-state index contributed by atoms with van der Waals surface area (Å²) in [5.41, 5.74) is 0. The van der Waals surface area contributed by atoms with Gasteiger partial charge in [-0.05, 0) is 25.7 Å². The van der Waals surface area contributed by atoms with Gasteiger partial charge in [-0.25, -0.2) is 0 Å². The molecular formula is C14H21N3O3. The molecule has 0 bridgehead atoms. The number of nitrogens with zero attached hydrogens (tertiary/aromatic N) is 3. The molecule has 0 saturated carbocycles. The lowest BCUT2D eigenvalue weighted by atomic mass is 10.1. The zero-order valence-electron chi connectivity index (χ0n) is 11.7. The van der Waals surface area contributed by atoms with E-state index in [0.29, 0.717) is 18.9 Å². The van der Waals surface area contributed by atoms with Gasteiger partial charge in [-0.1, -0.05) is 5.16 Å². The number of rotatable bonds is 5. The van der Waals surface area contributed by atoms with E-state index >= 15 is 0 Å². The summed E-state index contributed by atoms with van der Waals surface area (Å²) in [5, 5.41) is 4.03. The van der Waals surface area contributed by atoms with Crippen molar-refractivity contribution in [2.45, 2.75) is 44.4 Å². The minimum atomic E-state index is 0.283. The smallest absolute Gasteiger partial charge is 0.226 e. The molecule has 6 heteroatoms. The maximum atomic E-state index is 11.7. The molecule has 0 radical (unpaired) electrons. The van der Waals surface area contributed by atoms with E-state index in [4.69, 9.17) is 9.26 Å². The lowest BCUT2D eigenvalue weighted by Gasteiger charge is -2.26. The second-order valence-corrected chi connectivity index (χ2v) is 5.55. The Labute approximate surface area is 118 Å². The third kappa shape index (κ3) is 3.17. The Hall–Kier alpha value is -1.43. The topological polar surface area (TPSA) is 68.5 Å². The van der Waals surface area contributed by atoms with Crippen LogP contribution in [0.4, 0.5) is 0 Å². The fraction of sp³-hybridized carbons (Fsp3) is 0.786. The van der Waals surface area contributed by atoms with Crippen LogP contribution in [-0.2, 0) is 16.0 Å². The molecule has 0 aliphatic carbocycles. The molecule has 0 unspecified atom stereocenters. The Balaban J connectivity index is 1.45. The Morgan fingerprint density at radius 3 is 3.10 bits per heavy atom. The molecule has 2 aliphatic heterocycles. The van der Waals surface area contributed by atoms with Gasteiger partial charge in [0.1, 0.15) is 0 Å². The molecule has 1 aromatic heterocycles. The second-order valence-electron chi connectivity index (χ2n) is 5.55. The van der Waals surface area contributed by atoms with Crippen molar-refractivity contribution in [3.8, 4) is 0 Å². The van der Waals surface area contributed by atoms with Gasteiger partial charge in [0.05, 0.1) is 6.61 Å². The van der Waals surface area contributed by atoms with E-state index in [1.54, 1.807) is 0 Å². The molecule has 2 aliphatic rings. The summed E-state index contributed by atoms with van der Waals surface area (Å²) in [7, 11) is 0. The van der Waals surface area contributed by atoms with Gasteiger partial charge in [0.2, 0.25) is 11.8 Å². The molecule has 1 aromatic rings. The number of hydrogen-bond acceptors (Lipinski definition) is 5. The van der Waals surface area contributed by atoms with E-state index in [1.165, 1.54) is 0 Å². The van der Waals surface area contributed by atoms with Gasteiger partial charge >= 0.3 is 0 Å². The predicted octanol–water partition coefficient (Wildman–Crippen LogP) is 1.52.